The number of phenols is 1. The van der Waals surface area contributed by atoms with Crippen LogP contribution in [0.2, 0.25) is 0 Å². The molecule has 0 saturated carbocycles. The van der Waals surface area contributed by atoms with E-state index in [0.717, 1.165) is 0 Å². The van der Waals surface area contributed by atoms with Gasteiger partial charge < -0.3 is 20.9 Å². The Hall–Kier alpha value is -2.53. The van der Waals surface area contributed by atoms with E-state index in [-0.39, 0.29) is 11.7 Å². The molecule has 21 heavy (non-hydrogen) atoms. The fraction of sp³-hybridized carbons (Fsp3) is 0.188. The first-order valence-corrected chi connectivity index (χ1v) is 6.64. The molecule has 0 aromatic heterocycles. The fourth-order valence-electron chi connectivity index (χ4n) is 1.81. The molecule has 0 bridgehead atoms. The van der Waals surface area contributed by atoms with Crippen LogP contribution in [0.15, 0.2) is 42.5 Å². The Labute approximate surface area is 123 Å². The number of hydrogen-bond donors (Lipinski definition) is 3. The molecule has 0 unspecified atom stereocenters. The number of hydrogen-bond acceptors (Lipinski definition) is 4. The van der Waals surface area contributed by atoms with Crippen molar-refractivity contribution >= 4 is 11.6 Å². The zero-order valence-electron chi connectivity index (χ0n) is 11.8. The number of aromatic hydroxyl groups is 1. The maximum Gasteiger partial charge on any atom is 0.255 e. The van der Waals surface area contributed by atoms with Gasteiger partial charge in [-0.1, -0.05) is 0 Å². The van der Waals surface area contributed by atoms with Gasteiger partial charge in [-0.05, 0) is 55.0 Å². The minimum absolute atomic E-state index is 0.174. The maximum atomic E-state index is 12.1. The Kier molecular flexibility index (Phi) is 4.79. The molecule has 0 heterocycles. The summed E-state index contributed by atoms with van der Waals surface area (Å²) in [6.45, 7) is 2.66. The molecule has 110 valence electrons. The van der Waals surface area contributed by atoms with Crippen molar-refractivity contribution < 1.29 is 14.6 Å². The minimum atomic E-state index is -0.228. The average molecular weight is 286 g/mol. The molecule has 2 aromatic carbocycles. The standard InChI is InChI=1S/C16H18N2O3/c1-11-10-12(2-7-15(11)19)16(20)18-13-3-5-14(6-4-13)21-9-8-17/h2-7,10,19H,8-9,17H2,1H3,(H,18,20). The largest absolute Gasteiger partial charge is 0.508 e. The molecule has 0 atom stereocenters. The lowest BCUT2D eigenvalue weighted by atomic mass is 10.1. The second-order valence-corrected chi connectivity index (χ2v) is 4.62. The maximum absolute atomic E-state index is 12.1. The quantitative estimate of drug-likeness (QED) is 0.787. The summed E-state index contributed by atoms with van der Waals surface area (Å²) >= 11 is 0. The van der Waals surface area contributed by atoms with Crippen molar-refractivity contribution in [2.75, 3.05) is 18.5 Å². The lowest BCUT2D eigenvalue weighted by Crippen LogP contribution is -2.12. The van der Waals surface area contributed by atoms with Crippen LogP contribution in [0.3, 0.4) is 0 Å². The zero-order chi connectivity index (χ0) is 15.2. The summed E-state index contributed by atoms with van der Waals surface area (Å²) in [6.07, 6.45) is 0. The molecule has 0 radical (unpaired) electrons. The second-order valence-electron chi connectivity index (χ2n) is 4.62. The van der Waals surface area contributed by atoms with Gasteiger partial charge in [-0.15, -0.1) is 0 Å². The molecule has 5 heteroatoms. The van der Waals surface area contributed by atoms with E-state index in [4.69, 9.17) is 10.5 Å². The van der Waals surface area contributed by atoms with Crippen LogP contribution in [0.1, 0.15) is 15.9 Å². The van der Waals surface area contributed by atoms with E-state index in [2.05, 4.69) is 5.32 Å². The molecule has 4 N–H and O–H groups in total. The van der Waals surface area contributed by atoms with Crippen LogP contribution >= 0.6 is 0 Å². The molecule has 2 rings (SSSR count). The number of ether oxygens (including phenoxy) is 1. The van der Waals surface area contributed by atoms with E-state index < -0.39 is 0 Å². The van der Waals surface area contributed by atoms with E-state index in [0.29, 0.717) is 35.7 Å². The molecule has 2 aromatic rings. The zero-order valence-corrected chi connectivity index (χ0v) is 11.8. The summed E-state index contributed by atoms with van der Waals surface area (Å²) in [7, 11) is 0. The lowest BCUT2D eigenvalue weighted by molar-refractivity contribution is 0.102. The molecule has 0 aliphatic carbocycles. The van der Waals surface area contributed by atoms with E-state index in [9.17, 15) is 9.90 Å². The number of phenolic OH excluding ortho intramolecular Hbond substituents is 1. The van der Waals surface area contributed by atoms with Gasteiger partial charge in [0.15, 0.2) is 0 Å². The molecule has 0 aliphatic rings. The third kappa shape index (κ3) is 3.97. The summed E-state index contributed by atoms with van der Waals surface area (Å²) < 4.78 is 5.36. The number of carbonyl (C=O) groups excluding carboxylic acids is 1. The first kappa shape index (κ1) is 14.9. The van der Waals surface area contributed by atoms with Crippen LogP contribution in [0.5, 0.6) is 11.5 Å². The normalized spacial score (nSPS) is 10.2. The van der Waals surface area contributed by atoms with E-state index >= 15 is 0 Å². The van der Waals surface area contributed by atoms with Crippen molar-refractivity contribution in [3.63, 3.8) is 0 Å². The molecular formula is C16H18N2O3. The molecule has 0 saturated heterocycles. The molecule has 0 aliphatic heterocycles. The van der Waals surface area contributed by atoms with Crippen LogP contribution in [-0.2, 0) is 0 Å². The molecular weight excluding hydrogens is 268 g/mol. The number of nitrogens with two attached hydrogens (primary N) is 1. The third-order valence-corrected chi connectivity index (χ3v) is 2.96. The number of aryl methyl sites for hydroxylation is 1. The van der Waals surface area contributed by atoms with Crippen LogP contribution in [0, 0.1) is 6.92 Å². The lowest BCUT2D eigenvalue weighted by Gasteiger charge is -2.08. The van der Waals surface area contributed by atoms with Gasteiger partial charge >= 0.3 is 0 Å². The predicted octanol–water partition coefficient (Wildman–Crippen LogP) is 2.29. The Morgan fingerprint density at radius 3 is 2.57 bits per heavy atom. The van der Waals surface area contributed by atoms with Crippen LogP contribution < -0.4 is 15.8 Å². The summed E-state index contributed by atoms with van der Waals surface area (Å²) in [5.74, 6) is 0.653. The van der Waals surface area contributed by atoms with Gasteiger partial charge in [0.1, 0.15) is 18.1 Å². The van der Waals surface area contributed by atoms with Crippen molar-refractivity contribution in [3.8, 4) is 11.5 Å². The first-order valence-electron chi connectivity index (χ1n) is 6.64. The minimum Gasteiger partial charge on any atom is -0.508 e. The van der Waals surface area contributed by atoms with Crippen LogP contribution in [-0.4, -0.2) is 24.2 Å². The van der Waals surface area contributed by atoms with Crippen molar-refractivity contribution in [3.05, 3.63) is 53.6 Å². The van der Waals surface area contributed by atoms with Crippen LogP contribution in [0.4, 0.5) is 5.69 Å². The molecule has 1 amide bonds. The number of benzene rings is 2. The third-order valence-electron chi connectivity index (χ3n) is 2.96. The van der Waals surface area contributed by atoms with Crippen molar-refractivity contribution in [1.82, 2.24) is 0 Å². The second kappa shape index (κ2) is 6.76. The van der Waals surface area contributed by atoms with E-state index in [1.165, 1.54) is 6.07 Å². The molecule has 0 fully saturated rings. The molecule has 5 nitrogen and oxygen atoms in total. The number of anilines is 1. The SMILES string of the molecule is Cc1cc(C(=O)Nc2ccc(OCCN)cc2)ccc1O. The van der Waals surface area contributed by atoms with Gasteiger partial charge in [-0.3, -0.25) is 4.79 Å². The highest BCUT2D eigenvalue weighted by Crippen LogP contribution is 2.19. The van der Waals surface area contributed by atoms with Crippen molar-refractivity contribution in [2.24, 2.45) is 5.73 Å². The highest BCUT2D eigenvalue weighted by atomic mass is 16.5. The molecule has 0 spiro atoms. The first-order chi connectivity index (χ1) is 10.1. The Morgan fingerprint density at radius 1 is 1.24 bits per heavy atom. The fourth-order valence-corrected chi connectivity index (χ4v) is 1.81. The summed E-state index contributed by atoms with van der Waals surface area (Å²) in [6, 6.07) is 11.8. The average Bonchev–Trinajstić information content (AvgIpc) is 2.49. The Balaban J connectivity index is 2.03. The smallest absolute Gasteiger partial charge is 0.255 e. The number of carbonyl (C=O) groups is 1. The summed E-state index contributed by atoms with van der Waals surface area (Å²) in [4.78, 5) is 12.1. The number of amides is 1. The monoisotopic (exact) mass is 286 g/mol. The Morgan fingerprint density at radius 2 is 1.95 bits per heavy atom. The van der Waals surface area contributed by atoms with E-state index in [1.807, 2.05) is 0 Å². The van der Waals surface area contributed by atoms with Crippen molar-refractivity contribution in [1.29, 1.82) is 0 Å². The van der Waals surface area contributed by atoms with Crippen LogP contribution in [0.25, 0.3) is 0 Å². The Bertz CT molecular complexity index is 624. The summed E-state index contributed by atoms with van der Waals surface area (Å²) in [5.41, 5.74) is 7.19. The topological polar surface area (TPSA) is 84.6 Å². The highest BCUT2D eigenvalue weighted by molar-refractivity contribution is 6.04. The van der Waals surface area contributed by atoms with Gasteiger partial charge in [-0.25, -0.2) is 0 Å². The van der Waals surface area contributed by atoms with Gasteiger partial charge in [0.05, 0.1) is 0 Å². The van der Waals surface area contributed by atoms with Crippen molar-refractivity contribution in [2.45, 2.75) is 6.92 Å². The summed E-state index contributed by atoms with van der Waals surface area (Å²) in [5, 5.41) is 12.2. The van der Waals surface area contributed by atoms with Gasteiger partial charge in [0.25, 0.3) is 5.91 Å². The number of nitrogens with one attached hydrogen (secondary N) is 1. The highest BCUT2D eigenvalue weighted by Gasteiger charge is 2.08. The van der Waals surface area contributed by atoms with Gasteiger partial charge in [-0.2, -0.15) is 0 Å². The van der Waals surface area contributed by atoms with Gasteiger partial charge in [0, 0.05) is 17.8 Å². The van der Waals surface area contributed by atoms with Gasteiger partial charge in [0.2, 0.25) is 0 Å². The van der Waals surface area contributed by atoms with E-state index in [1.54, 1.807) is 43.3 Å². The number of rotatable bonds is 5. The predicted molar refractivity (Wildman–Crippen MR) is 81.8 cm³/mol.